The number of hydrogen-bond donors (Lipinski definition) is 1. The van der Waals surface area contributed by atoms with E-state index in [1.807, 2.05) is 54.6 Å². The third-order valence-electron chi connectivity index (χ3n) is 3.93. The number of amides is 1. The van der Waals surface area contributed by atoms with E-state index in [9.17, 15) is 9.59 Å². The highest BCUT2D eigenvalue weighted by atomic mass is 16.5. The first-order valence-electron chi connectivity index (χ1n) is 8.43. The molecular weight excluding hydrogens is 342 g/mol. The number of benzene rings is 3. The van der Waals surface area contributed by atoms with Crippen molar-refractivity contribution in [2.24, 2.45) is 0 Å². The van der Waals surface area contributed by atoms with E-state index in [2.05, 4.69) is 5.32 Å². The lowest BCUT2D eigenvalue weighted by Crippen LogP contribution is -2.21. The van der Waals surface area contributed by atoms with Crippen LogP contribution in [-0.2, 0) is 9.53 Å². The number of esters is 1. The topological polar surface area (TPSA) is 64.6 Å². The van der Waals surface area contributed by atoms with Crippen molar-refractivity contribution < 1.29 is 19.1 Å². The van der Waals surface area contributed by atoms with Crippen LogP contribution < -0.4 is 10.1 Å². The molecule has 0 saturated heterocycles. The maximum Gasteiger partial charge on any atom is 0.341 e. The first kappa shape index (κ1) is 18.2. The lowest BCUT2D eigenvalue weighted by Gasteiger charge is -2.11. The molecule has 0 saturated carbocycles. The molecule has 5 heteroatoms. The van der Waals surface area contributed by atoms with Crippen LogP contribution in [0.5, 0.6) is 5.75 Å². The monoisotopic (exact) mass is 361 g/mol. The van der Waals surface area contributed by atoms with E-state index in [0.29, 0.717) is 11.4 Å². The summed E-state index contributed by atoms with van der Waals surface area (Å²) in [4.78, 5) is 23.9. The van der Waals surface area contributed by atoms with E-state index < -0.39 is 5.97 Å². The van der Waals surface area contributed by atoms with Gasteiger partial charge in [0.15, 0.2) is 6.61 Å². The van der Waals surface area contributed by atoms with Crippen LogP contribution in [0.15, 0.2) is 78.9 Å². The Hall–Kier alpha value is -3.60. The second-order valence-corrected chi connectivity index (χ2v) is 5.77. The summed E-state index contributed by atoms with van der Waals surface area (Å²) in [6.45, 7) is -0.214. The van der Waals surface area contributed by atoms with Gasteiger partial charge in [-0.3, -0.25) is 4.79 Å². The quantitative estimate of drug-likeness (QED) is 0.670. The predicted molar refractivity (Wildman–Crippen MR) is 104 cm³/mol. The lowest BCUT2D eigenvalue weighted by molar-refractivity contribution is -0.118. The Labute approximate surface area is 157 Å². The maximum absolute atomic E-state index is 12.1. The maximum atomic E-state index is 12.1. The average Bonchev–Trinajstić information content (AvgIpc) is 2.73. The van der Waals surface area contributed by atoms with E-state index in [1.165, 1.54) is 7.11 Å². The Balaban J connectivity index is 1.60. The summed E-state index contributed by atoms with van der Waals surface area (Å²) in [6.07, 6.45) is 0. The Morgan fingerprint density at radius 3 is 2.15 bits per heavy atom. The third-order valence-corrected chi connectivity index (χ3v) is 3.93. The molecule has 5 nitrogen and oxygen atoms in total. The van der Waals surface area contributed by atoms with Gasteiger partial charge in [0, 0.05) is 5.69 Å². The molecule has 0 aliphatic rings. The number of para-hydroxylation sites is 1. The van der Waals surface area contributed by atoms with Gasteiger partial charge in [0.05, 0.1) is 7.11 Å². The van der Waals surface area contributed by atoms with Crippen LogP contribution in [0.1, 0.15) is 10.4 Å². The van der Waals surface area contributed by atoms with Crippen molar-refractivity contribution in [3.05, 3.63) is 84.4 Å². The molecule has 0 aliphatic carbocycles. The summed E-state index contributed by atoms with van der Waals surface area (Å²) in [7, 11) is 1.30. The second-order valence-electron chi connectivity index (χ2n) is 5.77. The number of anilines is 1. The van der Waals surface area contributed by atoms with E-state index in [-0.39, 0.29) is 18.1 Å². The van der Waals surface area contributed by atoms with Crippen LogP contribution in [0.25, 0.3) is 11.1 Å². The van der Waals surface area contributed by atoms with Crippen molar-refractivity contribution in [3.63, 3.8) is 0 Å². The summed E-state index contributed by atoms with van der Waals surface area (Å²) < 4.78 is 10.2. The molecule has 27 heavy (non-hydrogen) atoms. The minimum absolute atomic E-state index is 0.214. The molecule has 3 aromatic rings. The zero-order valence-electron chi connectivity index (χ0n) is 14.8. The number of nitrogens with one attached hydrogen (secondary N) is 1. The van der Waals surface area contributed by atoms with Gasteiger partial charge in [-0.2, -0.15) is 0 Å². The van der Waals surface area contributed by atoms with Crippen molar-refractivity contribution in [2.45, 2.75) is 0 Å². The summed E-state index contributed by atoms with van der Waals surface area (Å²) in [5.74, 6) is -0.524. The molecule has 3 aromatic carbocycles. The number of rotatable bonds is 6. The molecule has 0 atom stereocenters. The van der Waals surface area contributed by atoms with Crippen molar-refractivity contribution in [1.29, 1.82) is 0 Å². The van der Waals surface area contributed by atoms with Gasteiger partial charge in [0.1, 0.15) is 11.3 Å². The standard InChI is InChI=1S/C22H19NO4/c1-26-22(25)19-9-5-6-10-20(19)27-15-21(24)23-18-13-11-17(12-14-18)16-7-3-2-4-8-16/h2-14H,15H2,1H3,(H,23,24). The normalized spacial score (nSPS) is 10.1. The number of ether oxygens (including phenoxy) is 2. The predicted octanol–water partition coefficient (Wildman–Crippen LogP) is 4.16. The molecule has 0 spiro atoms. The van der Waals surface area contributed by atoms with E-state index in [0.717, 1.165) is 11.1 Å². The molecule has 0 heterocycles. The number of carbonyl (C=O) groups excluding carboxylic acids is 2. The second kappa shape index (κ2) is 8.67. The highest BCUT2D eigenvalue weighted by Gasteiger charge is 2.13. The van der Waals surface area contributed by atoms with Gasteiger partial charge in [-0.05, 0) is 35.4 Å². The molecule has 0 aliphatic heterocycles. The van der Waals surface area contributed by atoms with E-state index >= 15 is 0 Å². The Morgan fingerprint density at radius 2 is 1.44 bits per heavy atom. The molecule has 0 fully saturated rings. The Bertz CT molecular complexity index is 921. The molecular formula is C22H19NO4. The summed E-state index contributed by atoms with van der Waals surface area (Å²) >= 11 is 0. The highest BCUT2D eigenvalue weighted by molar-refractivity contribution is 5.94. The van der Waals surface area contributed by atoms with Gasteiger partial charge in [-0.1, -0.05) is 54.6 Å². The highest BCUT2D eigenvalue weighted by Crippen LogP contribution is 2.21. The number of methoxy groups -OCH3 is 1. The molecule has 3 rings (SSSR count). The largest absolute Gasteiger partial charge is 0.483 e. The molecule has 1 amide bonds. The van der Waals surface area contributed by atoms with Gasteiger partial charge in [-0.25, -0.2) is 4.79 Å². The van der Waals surface area contributed by atoms with Gasteiger partial charge in [0.25, 0.3) is 5.91 Å². The van der Waals surface area contributed by atoms with Gasteiger partial charge in [-0.15, -0.1) is 0 Å². The van der Waals surface area contributed by atoms with Crippen LogP contribution in [0.3, 0.4) is 0 Å². The van der Waals surface area contributed by atoms with E-state index in [1.54, 1.807) is 24.3 Å². The van der Waals surface area contributed by atoms with Crippen LogP contribution in [0.4, 0.5) is 5.69 Å². The Morgan fingerprint density at radius 1 is 0.815 bits per heavy atom. The summed E-state index contributed by atoms with van der Waals surface area (Å²) in [5.41, 5.74) is 3.12. The minimum Gasteiger partial charge on any atom is -0.483 e. The van der Waals surface area contributed by atoms with Crippen LogP contribution >= 0.6 is 0 Å². The van der Waals surface area contributed by atoms with Gasteiger partial charge < -0.3 is 14.8 Å². The van der Waals surface area contributed by atoms with Crippen molar-refractivity contribution in [1.82, 2.24) is 0 Å². The van der Waals surface area contributed by atoms with E-state index in [4.69, 9.17) is 9.47 Å². The summed E-state index contributed by atoms with van der Waals surface area (Å²) in [5, 5.41) is 2.77. The van der Waals surface area contributed by atoms with Crippen LogP contribution in [0, 0.1) is 0 Å². The SMILES string of the molecule is COC(=O)c1ccccc1OCC(=O)Nc1ccc(-c2ccccc2)cc1. The van der Waals surface area contributed by atoms with Crippen molar-refractivity contribution >= 4 is 17.6 Å². The first-order chi connectivity index (χ1) is 13.2. The van der Waals surface area contributed by atoms with Crippen LogP contribution in [0.2, 0.25) is 0 Å². The number of carbonyl (C=O) groups is 2. The number of hydrogen-bond acceptors (Lipinski definition) is 4. The van der Waals surface area contributed by atoms with Crippen molar-refractivity contribution in [2.75, 3.05) is 19.0 Å². The van der Waals surface area contributed by atoms with Crippen molar-refractivity contribution in [3.8, 4) is 16.9 Å². The third kappa shape index (κ3) is 4.73. The molecule has 0 radical (unpaired) electrons. The molecule has 136 valence electrons. The zero-order valence-corrected chi connectivity index (χ0v) is 14.8. The molecule has 1 N–H and O–H groups in total. The zero-order chi connectivity index (χ0) is 19.1. The smallest absolute Gasteiger partial charge is 0.341 e. The molecule has 0 bridgehead atoms. The minimum atomic E-state index is -0.512. The fourth-order valence-corrected chi connectivity index (χ4v) is 2.59. The summed E-state index contributed by atoms with van der Waals surface area (Å²) in [6, 6.07) is 24.2. The Kier molecular flexibility index (Phi) is 5.84. The fraction of sp³-hybridized carbons (Fsp3) is 0.0909. The van der Waals surface area contributed by atoms with Gasteiger partial charge >= 0.3 is 5.97 Å². The molecule has 0 aromatic heterocycles. The average molecular weight is 361 g/mol. The molecule has 0 unspecified atom stereocenters. The first-order valence-corrected chi connectivity index (χ1v) is 8.43. The van der Waals surface area contributed by atoms with Gasteiger partial charge in [0.2, 0.25) is 0 Å². The fourth-order valence-electron chi connectivity index (χ4n) is 2.59. The lowest BCUT2D eigenvalue weighted by atomic mass is 10.1. The van der Waals surface area contributed by atoms with Crippen LogP contribution in [-0.4, -0.2) is 25.6 Å².